The Morgan fingerprint density at radius 2 is 1.82 bits per heavy atom. The maximum Gasteiger partial charge on any atom is 0.261 e. The Kier molecular flexibility index (Phi) is 7.18. The van der Waals surface area contributed by atoms with E-state index in [9.17, 15) is 9.59 Å². The minimum Gasteiger partial charge on any atom is -0.380 e. The van der Waals surface area contributed by atoms with E-state index in [4.69, 9.17) is 16.1 Å². The van der Waals surface area contributed by atoms with Crippen molar-refractivity contribution in [3.63, 3.8) is 0 Å². The number of aryl methyl sites for hydroxylation is 2. The number of carbonyl (C=O) groups excluding carboxylic acids is 2. The molecule has 2 amide bonds. The Morgan fingerprint density at radius 1 is 1.08 bits per heavy atom. The average Bonchev–Trinajstić information content (AvgIpc) is 3.18. The van der Waals surface area contributed by atoms with Gasteiger partial charge in [0.15, 0.2) is 0 Å². The molecule has 1 unspecified atom stereocenters. The molecule has 0 spiro atoms. The molecule has 0 fully saturated rings. The fraction of sp³-hybridized carbons (Fsp3) is 0.207. The molecular weight excluding hydrogens is 502 g/mol. The minimum absolute atomic E-state index is 0.00137. The molecule has 3 aromatic carbocycles. The molecule has 2 heterocycles. The van der Waals surface area contributed by atoms with Gasteiger partial charge >= 0.3 is 0 Å². The van der Waals surface area contributed by atoms with Crippen LogP contribution in [0.25, 0.3) is 0 Å². The lowest BCUT2D eigenvalue weighted by Crippen LogP contribution is -2.34. The van der Waals surface area contributed by atoms with Crippen molar-refractivity contribution in [2.45, 2.75) is 32.9 Å². The number of aromatic nitrogens is 1. The van der Waals surface area contributed by atoms with Gasteiger partial charge < -0.3 is 25.8 Å². The first-order chi connectivity index (χ1) is 18.3. The summed E-state index contributed by atoms with van der Waals surface area (Å²) in [5.74, 6) is 0.0501. The topological polar surface area (TPSA) is 108 Å². The highest BCUT2D eigenvalue weighted by atomic mass is 35.5. The van der Waals surface area contributed by atoms with Crippen LogP contribution in [0.5, 0.6) is 0 Å². The third kappa shape index (κ3) is 5.14. The van der Waals surface area contributed by atoms with Gasteiger partial charge in [0, 0.05) is 29.5 Å². The normalized spacial score (nSPS) is 15.1. The quantitative estimate of drug-likeness (QED) is 0.236. The van der Waals surface area contributed by atoms with Gasteiger partial charge in [0.2, 0.25) is 0 Å². The summed E-state index contributed by atoms with van der Waals surface area (Å²) in [5.41, 5.74) is 5.65. The van der Waals surface area contributed by atoms with Gasteiger partial charge in [-0.1, -0.05) is 53.2 Å². The number of hydrogen-bond acceptors (Lipinski definition) is 6. The SMILES string of the molecule is Cc1noc(C)c1C(=O)Nc1ccc(N[C@H](C)CNC2c3ccccc3NC(=O)c3ccccc32)c(Cl)c1. The number of benzene rings is 3. The van der Waals surface area contributed by atoms with E-state index in [1.165, 1.54) is 0 Å². The molecule has 4 aromatic rings. The van der Waals surface area contributed by atoms with Gasteiger partial charge in [-0.25, -0.2) is 0 Å². The third-order valence-electron chi connectivity index (χ3n) is 6.55. The number of anilines is 3. The van der Waals surface area contributed by atoms with E-state index in [1.807, 2.05) is 61.5 Å². The van der Waals surface area contributed by atoms with Crippen molar-refractivity contribution >= 4 is 40.5 Å². The Hall–Kier alpha value is -4.14. The van der Waals surface area contributed by atoms with Crippen molar-refractivity contribution in [2.24, 2.45) is 0 Å². The largest absolute Gasteiger partial charge is 0.380 e. The first-order valence-electron chi connectivity index (χ1n) is 12.3. The summed E-state index contributed by atoms with van der Waals surface area (Å²) in [6.07, 6.45) is 0. The zero-order valence-electron chi connectivity index (χ0n) is 21.3. The molecule has 1 aliphatic rings. The molecule has 1 aromatic heterocycles. The van der Waals surface area contributed by atoms with Crippen LogP contribution in [0.2, 0.25) is 5.02 Å². The molecule has 8 nitrogen and oxygen atoms in total. The van der Waals surface area contributed by atoms with E-state index in [-0.39, 0.29) is 23.9 Å². The first-order valence-corrected chi connectivity index (χ1v) is 12.7. The minimum atomic E-state index is -0.299. The summed E-state index contributed by atoms with van der Waals surface area (Å²) in [4.78, 5) is 25.5. The van der Waals surface area contributed by atoms with E-state index in [0.717, 1.165) is 22.5 Å². The molecule has 1 aliphatic heterocycles. The fourth-order valence-electron chi connectivity index (χ4n) is 4.72. The van der Waals surface area contributed by atoms with Gasteiger partial charge in [0.1, 0.15) is 11.3 Å². The van der Waals surface area contributed by atoms with Crippen LogP contribution in [0.3, 0.4) is 0 Å². The Labute approximate surface area is 225 Å². The summed E-state index contributed by atoms with van der Waals surface area (Å²) in [6.45, 7) is 6.07. The maximum absolute atomic E-state index is 12.8. The second kappa shape index (κ2) is 10.7. The predicted octanol–water partition coefficient (Wildman–Crippen LogP) is 5.94. The zero-order valence-corrected chi connectivity index (χ0v) is 22.0. The molecule has 0 radical (unpaired) electrons. The summed E-state index contributed by atoms with van der Waals surface area (Å²) in [5, 5.41) is 17.2. The van der Waals surface area contributed by atoms with Crippen molar-refractivity contribution in [1.29, 1.82) is 0 Å². The van der Waals surface area contributed by atoms with Crippen LogP contribution >= 0.6 is 11.6 Å². The smallest absolute Gasteiger partial charge is 0.261 e. The third-order valence-corrected chi connectivity index (χ3v) is 6.87. The average molecular weight is 530 g/mol. The highest BCUT2D eigenvalue weighted by Gasteiger charge is 2.27. The van der Waals surface area contributed by atoms with Crippen LogP contribution in [0.4, 0.5) is 17.1 Å². The number of nitrogens with zero attached hydrogens (tertiary/aromatic N) is 1. The number of hydrogen-bond donors (Lipinski definition) is 4. The van der Waals surface area contributed by atoms with Crippen molar-refractivity contribution in [3.05, 3.63) is 105 Å². The van der Waals surface area contributed by atoms with Crippen LogP contribution in [-0.2, 0) is 0 Å². The highest BCUT2D eigenvalue weighted by molar-refractivity contribution is 6.33. The van der Waals surface area contributed by atoms with Gasteiger partial charge in [0.05, 0.1) is 22.4 Å². The molecule has 0 saturated heterocycles. The van der Waals surface area contributed by atoms with Gasteiger partial charge in [-0.2, -0.15) is 0 Å². The lowest BCUT2D eigenvalue weighted by atomic mass is 9.94. The van der Waals surface area contributed by atoms with Gasteiger partial charge in [-0.3, -0.25) is 9.59 Å². The van der Waals surface area contributed by atoms with Gasteiger partial charge in [0.25, 0.3) is 11.8 Å². The number of nitrogens with one attached hydrogen (secondary N) is 4. The summed E-state index contributed by atoms with van der Waals surface area (Å²) >= 11 is 6.55. The van der Waals surface area contributed by atoms with Gasteiger partial charge in [-0.05, 0) is 62.2 Å². The first kappa shape index (κ1) is 25.5. The van der Waals surface area contributed by atoms with E-state index < -0.39 is 0 Å². The van der Waals surface area contributed by atoms with Crippen LogP contribution < -0.4 is 21.3 Å². The number of para-hydroxylation sites is 1. The Bertz CT molecular complexity index is 1500. The summed E-state index contributed by atoms with van der Waals surface area (Å²) in [6, 6.07) is 20.7. The van der Waals surface area contributed by atoms with E-state index in [0.29, 0.717) is 39.8 Å². The molecule has 0 aliphatic carbocycles. The van der Waals surface area contributed by atoms with E-state index in [2.05, 4.69) is 26.4 Å². The second-order valence-corrected chi connectivity index (χ2v) is 9.77. The highest BCUT2D eigenvalue weighted by Crippen LogP contribution is 2.34. The molecule has 38 heavy (non-hydrogen) atoms. The maximum atomic E-state index is 12.8. The summed E-state index contributed by atoms with van der Waals surface area (Å²) in [7, 11) is 0. The van der Waals surface area contributed by atoms with Crippen LogP contribution in [0, 0.1) is 13.8 Å². The molecular formula is C29H28ClN5O3. The van der Waals surface area contributed by atoms with E-state index >= 15 is 0 Å². The molecule has 9 heteroatoms. The fourth-order valence-corrected chi connectivity index (χ4v) is 4.95. The molecule has 5 rings (SSSR count). The molecule has 0 bridgehead atoms. The lowest BCUT2D eigenvalue weighted by Gasteiger charge is -2.24. The van der Waals surface area contributed by atoms with Crippen molar-refractivity contribution in [2.75, 3.05) is 22.5 Å². The predicted molar refractivity (Wildman–Crippen MR) is 149 cm³/mol. The van der Waals surface area contributed by atoms with Crippen molar-refractivity contribution in [1.82, 2.24) is 10.5 Å². The number of fused-ring (bicyclic) bond motifs is 2. The van der Waals surface area contributed by atoms with E-state index in [1.54, 1.807) is 26.0 Å². The Balaban J connectivity index is 1.28. The van der Waals surface area contributed by atoms with Crippen LogP contribution in [0.15, 0.2) is 71.3 Å². The molecule has 0 saturated carbocycles. The lowest BCUT2D eigenvalue weighted by molar-refractivity contribution is 0.101. The number of rotatable bonds is 7. The molecule has 4 N–H and O–H groups in total. The number of carbonyl (C=O) groups is 2. The van der Waals surface area contributed by atoms with Crippen molar-refractivity contribution in [3.8, 4) is 0 Å². The van der Waals surface area contributed by atoms with Crippen LogP contribution in [0.1, 0.15) is 56.3 Å². The monoisotopic (exact) mass is 529 g/mol. The molecule has 194 valence electrons. The summed E-state index contributed by atoms with van der Waals surface area (Å²) < 4.78 is 5.09. The van der Waals surface area contributed by atoms with Gasteiger partial charge in [-0.15, -0.1) is 0 Å². The standard InChI is InChI=1S/C29H28ClN5O3/c1-16(32-25-13-12-19(14-23(25)30)33-29(37)26-17(2)35-38-18(26)3)15-31-27-20-8-4-5-9-21(20)28(36)34-24-11-7-6-10-22(24)27/h4-14,16,27,31-32H,15H2,1-3H3,(H,33,37)(H,34,36)/t16-,27?/m1/s1. The second-order valence-electron chi connectivity index (χ2n) is 9.36. The molecule has 2 atom stereocenters. The number of amides is 2. The zero-order chi connectivity index (χ0) is 26.8. The Morgan fingerprint density at radius 3 is 2.55 bits per heavy atom. The van der Waals surface area contributed by atoms with Crippen molar-refractivity contribution < 1.29 is 14.1 Å². The number of halogens is 1. The van der Waals surface area contributed by atoms with Crippen LogP contribution in [-0.4, -0.2) is 29.6 Å².